The van der Waals surface area contributed by atoms with Gasteiger partial charge in [0.15, 0.2) is 0 Å². The SMILES string of the molecule is O=C(N1CCc2nc[nH]c(=O)c2C1)C1(c2ccccc2)CC(F)C1. The van der Waals surface area contributed by atoms with Crippen LogP contribution in [0.1, 0.15) is 29.7 Å². The quantitative estimate of drug-likeness (QED) is 0.913. The maximum atomic E-state index is 13.7. The lowest BCUT2D eigenvalue weighted by Gasteiger charge is -2.46. The highest BCUT2D eigenvalue weighted by molar-refractivity contribution is 5.89. The van der Waals surface area contributed by atoms with Gasteiger partial charge >= 0.3 is 0 Å². The molecule has 6 heteroatoms. The van der Waals surface area contributed by atoms with E-state index >= 15 is 0 Å². The zero-order valence-electron chi connectivity index (χ0n) is 13.2. The lowest BCUT2D eigenvalue weighted by Crippen LogP contribution is -2.56. The monoisotopic (exact) mass is 327 g/mol. The van der Waals surface area contributed by atoms with E-state index in [4.69, 9.17) is 0 Å². The number of benzene rings is 1. The molecule has 4 rings (SSSR count). The van der Waals surface area contributed by atoms with Crippen LogP contribution in [0.5, 0.6) is 0 Å². The van der Waals surface area contributed by atoms with Crippen LogP contribution in [0.2, 0.25) is 0 Å². The molecule has 0 spiro atoms. The number of nitrogens with zero attached hydrogens (tertiary/aromatic N) is 2. The summed E-state index contributed by atoms with van der Waals surface area (Å²) in [7, 11) is 0. The van der Waals surface area contributed by atoms with Crippen molar-refractivity contribution in [2.24, 2.45) is 0 Å². The van der Waals surface area contributed by atoms with Gasteiger partial charge < -0.3 is 9.88 Å². The average Bonchev–Trinajstić information content (AvgIpc) is 2.59. The molecule has 0 bridgehead atoms. The minimum atomic E-state index is -0.948. The fourth-order valence-corrected chi connectivity index (χ4v) is 3.82. The van der Waals surface area contributed by atoms with E-state index < -0.39 is 11.6 Å². The van der Waals surface area contributed by atoms with E-state index in [0.717, 1.165) is 11.3 Å². The third kappa shape index (κ3) is 2.25. The number of hydrogen-bond acceptors (Lipinski definition) is 3. The summed E-state index contributed by atoms with van der Waals surface area (Å²) < 4.78 is 13.7. The minimum absolute atomic E-state index is 0.0866. The Morgan fingerprint density at radius 2 is 2.04 bits per heavy atom. The van der Waals surface area contributed by atoms with Gasteiger partial charge in [0.25, 0.3) is 5.56 Å². The Morgan fingerprint density at radius 1 is 1.29 bits per heavy atom. The number of hydrogen-bond donors (Lipinski definition) is 1. The largest absolute Gasteiger partial charge is 0.337 e. The molecular weight excluding hydrogens is 309 g/mol. The molecule has 2 aliphatic rings. The van der Waals surface area contributed by atoms with Crippen molar-refractivity contribution in [2.75, 3.05) is 6.54 Å². The van der Waals surface area contributed by atoms with Gasteiger partial charge in [0.2, 0.25) is 5.91 Å². The topological polar surface area (TPSA) is 66.1 Å². The lowest BCUT2D eigenvalue weighted by molar-refractivity contribution is -0.144. The van der Waals surface area contributed by atoms with Crippen molar-refractivity contribution < 1.29 is 9.18 Å². The number of halogens is 1. The summed E-state index contributed by atoms with van der Waals surface area (Å²) in [5.74, 6) is -0.0866. The molecule has 124 valence electrons. The second-order valence-corrected chi connectivity index (χ2v) is 6.59. The molecule has 1 aromatic carbocycles. The molecule has 1 N–H and O–H groups in total. The third-order valence-corrected chi connectivity index (χ3v) is 5.17. The summed E-state index contributed by atoms with van der Waals surface area (Å²) in [5, 5.41) is 0. The van der Waals surface area contributed by atoms with Crippen LogP contribution in [-0.4, -0.2) is 33.5 Å². The van der Waals surface area contributed by atoms with Crippen molar-refractivity contribution in [3.8, 4) is 0 Å². The van der Waals surface area contributed by atoms with Crippen LogP contribution >= 0.6 is 0 Å². The first-order chi connectivity index (χ1) is 11.6. The number of amides is 1. The molecular formula is C18H18FN3O2. The Morgan fingerprint density at radius 3 is 2.75 bits per heavy atom. The van der Waals surface area contributed by atoms with Gasteiger partial charge in [0.1, 0.15) is 6.17 Å². The Hall–Kier alpha value is -2.50. The van der Waals surface area contributed by atoms with E-state index in [1.54, 1.807) is 4.90 Å². The standard InChI is InChI=1S/C18H18FN3O2/c19-13-8-18(9-13,12-4-2-1-3-5-12)17(24)22-7-6-15-14(10-22)16(23)21-11-20-15/h1-5,11,13H,6-10H2,(H,20,21,23). The third-order valence-electron chi connectivity index (χ3n) is 5.17. The number of aromatic amines is 1. The van der Waals surface area contributed by atoms with Gasteiger partial charge in [-0.3, -0.25) is 9.59 Å². The van der Waals surface area contributed by atoms with E-state index in [9.17, 15) is 14.0 Å². The zero-order chi connectivity index (χ0) is 16.7. The van der Waals surface area contributed by atoms with Gasteiger partial charge in [-0.25, -0.2) is 9.37 Å². The summed E-state index contributed by atoms with van der Waals surface area (Å²) in [4.78, 5) is 33.6. The molecule has 1 aliphatic carbocycles. The fourth-order valence-electron chi connectivity index (χ4n) is 3.82. The first kappa shape index (κ1) is 15.1. The smallest absolute Gasteiger partial charge is 0.255 e. The number of alkyl halides is 1. The highest BCUT2D eigenvalue weighted by Gasteiger charge is 2.53. The van der Waals surface area contributed by atoms with Gasteiger partial charge in [-0.2, -0.15) is 0 Å². The molecule has 24 heavy (non-hydrogen) atoms. The Kier molecular flexibility index (Phi) is 3.48. The number of carbonyl (C=O) groups is 1. The average molecular weight is 327 g/mol. The van der Waals surface area contributed by atoms with Gasteiger partial charge in [-0.15, -0.1) is 0 Å². The normalized spacial score (nSPS) is 25.7. The zero-order valence-corrected chi connectivity index (χ0v) is 13.2. The molecule has 2 heterocycles. The molecule has 0 radical (unpaired) electrons. The van der Waals surface area contributed by atoms with E-state index in [2.05, 4.69) is 9.97 Å². The maximum absolute atomic E-state index is 13.7. The van der Waals surface area contributed by atoms with Crippen LogP contribution < -0.4 is 5.56 Å². The molecule has 1 amide bonds. The molecule has 0 unspecified atom stereocenters. The Labute approximate surface area is 138 Å². The van der Waals surface area contributed by atoms with Crippen LogP contribution in [0.4, 0.5) is 4.39 Å². The Bertz CT molecular complexity index is 828. The van der Waals surface area contributed by atoms with Crippen LogP contribution in [0.3, 0.4) is 0 Å². The van der Waals surface area contributed by atoms with Crippen LogP contribution in [-0.2, 0) is 23.2 Å². The molecule has 1 aliphatic heterocycles. The molecule has 0 saturated heterocycles. The van der Waals surface area contributed by atoms with Gasteiger partial charge in [0.05, 0.1) is 29.5 Å². The van der Waals surface area contributed by atoms with Crippen molar-refractivity contribution in [3.63, 3.8) is 0 Å². The summed E-state index contributed by atoms with van der Waals surface area (Å²) in [6.45, 7) is 0.747. The van der Waals surface area contributed by atoms with E-state index in [0.29, 0.717) is 18.5 Å². The second kappa shape index (κ2) is 5.54. The number of aromatic nitrogens is 2. The van der Waals surface area contributed by atoms with Gasteiger partial charge in [-0.05, 0) is 18.4 Å². The number of carbonyl (C=O) groups excluding carboxylic acids is 1. The number of rotatable bonds is 2. The predicted molar refractivity (Wildman–Crippen MR) is 86.2 cm³/mol. The number of nitrogens with one attached hydrogen (secondary N) is 1. The first-order valence-corrected chi connectivity index (χ1v) is 8.14. The summed E-state index contributed by atoms with van der Waals surface area (Å²) >= 11 is 0. The molecule has 2 aromatic rings. The Balaban J connectivity index is 1.66. The predicted octanol–water partition coefficient (Wildman–Crippen LogP) is 1.72. The van der Waals surface area contributed by atoms with Crippen LogP contribution in [0.25, 0.3) is 0 Å². The molecule has 5 nitrogen and oxygen atoms in total. The summed E-state index contributed by atoms with van der Waals surface area (Å²) in [6.07, 6.45) is 1.42. The summed E-state index contributed by atoms with van der Waals surface area (Å²) in [6, 6.07) is 9.40. The molecule has 0 atom stereocenters. The van der Waals surface area contributed by atoms with E-state index in [1.807, 2.05) is 30.3 Å². The van der Waals surface area contributed by atoms with Crippen molar-refractivity contribution in [1.29, 1.82) is 0 Å². The van der Waals surface area contributed by atoms with Crippen molar-refractivity contribution in [2.45, 2.75) is 37.4 Å². The molecule has 1 aromatic heterocycles. The maximum Gasteiger partial charge on any atom is 0.255 e. The van der Waals surface area contributed by atoms with E-state index in [-0.39, 0.29) is 30.9 Å². The first-order valence-electron chi connectivity index (χ1n) is 8.14. The lowest BCUT2D eigenvalue weighted by atomic mass is 9.62. The van der Waals surface area contributed by atoms with Crippen LogP contribution in [0, 0.1) is 0 Å². The van der Waals surface area contributed by atoms with Crippen molar-refractivity contribution in [1.82, 2.24) is 14.9 Å². The van der Waals surface area contributed by atoms with Gasteiger partial charge in [0, 0.05) is 13.0 Å². The van der Waals surface area contributed by atoms with E-state index in [1.165, 1.54) is 6.33 Å². The van der Waals surface area contributed by atoms with Crippen molar-refractivity contribution in [3.05, 3.63) is 63.8 Å². The van der Waals surface area contributed by atoms with Gasteiger partial charge in [-0.1, -0.05) is 30.3 Å². The second-order valence-electron chi connectivity index (χ2n) is 6.59. The van der Waals surface area contributed by atoms with Crippen LogP contribution in [0.15, 0.2) is 41.5 Å². The number of fused-ring (bicyclic) bond motifs is 1. The molecule has 1 fully saturated rings. The fraction of sp³-hybridized carbons (Fsp3) is 0.389. The minimum Gasteiger partial charge on any atom is -0.337 e. The summed E-state index contributed by atoms with van der Waals surface area (Å²) in [5.41, 5.74) is 1.13. The number of H-pyrrole nitrogens is 1. The highest BCUT2D eigenvalue weighted by Crippen LogP contribution is 2.47. The molecule has 1 saturated carbocycles. The highest BCUT2D eigenvalue weighted by atomic mass is 19.1. The van der Waals surface area contributed by atoms with Crippen molar-refractivity contribution >= 4 is 5.91 Å².